The molecule has 1 aliphatic carbocycles. The van der Waals surface area contributed by atoms with Gasteiger partial charge in [-0.2, -0.15) is 13.2 Å². The van der Waals surface area contributed by atoms with Gasteiger partial charge in [-0.1, -0.05) is 24.3 Å². The van der Waals surface area contributed by atoms with Gasteiger partial charge in [-0.15, -0.1) is 0 Å². The Bertz CT molecular complexity index is 1170. The van der Waals surface area contributed by atoms with Gasteiger partial charge in [-0.3, -0.25) is 19.3 Å². The number of amides is 3. The summed E-state index contributed by atoms with van der Waals surface area (Å²) in [5.41, 5.74) is -0.786. The molecule has 2 aliphatic rings. The first-order chi connectivity index (χ1) is 16.1. The van der Waals surface area contributed by atoms with E-state index in [-0.39, 0.29) is 28.8 Å². The van der Waals surface area contributed by atoms with E-state index < -0.39 is 42.1 Å². The van der Waals surface area contributed by atoms with E-state index in [4.69, 9.17) is 4.74 Å². The second kappa shape index (κ2) is 9.12. The number of rotatable bonds is 5. The molecular formula is C24H19F3N2O5. The van der Waals surface area contributed by atoms with Gasteiger partial charge in [-0.25, -0.2) is 4.79 Å². The van der Waals surface area contributed by atoms with Crippen LogP contribution in [0.15, 0.2) is 60.7 Å². The Morgan fingerprint density at radius 1 is 0.971 bits per heavy atom. The van der Waals surface area contributed by atoms with Crippen LogP contribution in [0, 0.1) is 11.8 Å². The van der Waals surface area contributed by atoms with Crippen LogP contribution in [0.25, 0.3) is 0 Å². The topological polar surface area (TPSA) is 92.8 Å². The summed E-state index contributed by atoms with van der Waals surface area (Å²) in [6.07, 6.45) is 0.135. The lowest BCUT2D eigenvalue weighted by molar-refractivity contribution is -0.137. The Kier molecular flexibility index (Phi) is 6.23. The number of carbonyl (C=O) groups excluding carboxylic acids is 4. The predicted molar refractivity (Wildman–Crippen MR) is 115 cm³/mol. The second-order valence-corrected chi connectivity index (χ2v) is 7.92. The van der Waals surface area contributed by atoms with Crippen LogP contribution in [0.4, 0.5) is 24.5 Å². The van der Waals surface area contributed by atoms with Crippen LogP contribution in [-0.2, 0) is 25.3 Å². The van der Waals surface area contributed by atoms with Crippen molar-refractivity contribution < 1.29 is 37.1 Å². The lowest BCUT2D eigenvalue weighted by Gasteiger charge is -2.15. The molecule has 34 heavy (non-hydrogen) atoms. The summed E-state index contributed by atoms with van der Waals surface area (Å²) >= 11 is 0. The Hall–Kier alpha value is -3.95. The number of allylic oxidation sites excluding steroid dienone is 2. The summed E-state index contributed by atoms with van der Waals surface area (Å²) in [5.74, 6) is -3.22. The molecule has 1 heterocycles. The smallest absolute Gasteiger partial charge is 0.416 e. The molecule has 0 bridgehead atoms. The van der Waals surface area contributed by atoms with E-state index in [1.54, 1.807) is 0 Å². The van der Waals surface area contributed by atoms with Gasteiger partial charge in [0.05, 0.1) is 28.7 Å². The number of nitrogens with one attached hydrogen (secondary N) is 1. The van der Waals surface area contributed by atoms with Gasteiger partial charge in [0, 0.05) is 5.69 Å². The molecule has 1 fully saturated rings. The van der Waals surface area contributed by atoms with Crippen molar-refractivity contribution in [3.8, 4) is 0 Å². The number of halogens is 3. The van der Waals surface area contributed by atoms with E-state index in [0.29, 0.717) is 12.8 Å². The summed E-state index contributed by atoms with van der Waals surface area (Å²) in [5, 5.41) is 2.24. The number of imide groups is 1. The molecule has 0 saturated carbocycles. The van der Waals surface area contributed by atoms with Crippen LogP contribution in [-0.4, -0.2) is 30.3 Å². The van der Waals surface area contributed by atoms with E-state index in [1.165, 1.54) is 30.3 Å². The van der Waals surface area contributed by atoms with Gasteiger partial charge in [0.2, 0.25) is 11.8 Å². The summed E-state index contributed by atoms with van der Waals surface area (Å²) in [6, 6.07) is 9.78. The standard InChI is InChI=1S/C24H19F3N2O5/c25-24(26,27)15-6-4-7-16(12-15)28-20(30)13-34-23(33)14-5-3-8-17(11-14)29-21(31)18-9-1-2-10-19(18)22(29)32/h1-8,11-12,18-19H,9-10,13H2,(H,28,30)/t18-,19-/m1/s1. The molecule has 176 valence electrons. The number of hydrogen-bond acceptors (Lipinski definition) is 5. The fraction of sp³-hybridized carbons (Fsp3) is 0.250. The SMILES string of the molecule is O=C(COC(=O)c1cccc(N2C(=O)[C@@H]3CC=CC[C@H]3C2=O)c1)Nc1cccc(C(F)(F)F)c1. The quantitative estimate of drug-likeness (QED) is 0.404. The number of nitrogens with zero attached hydrogens (tertiary/aromatic N) is 1. The molecule has 2 aromatic rings. The predicted octanol–water partition coefficient (Wildman–Crippen LogP) is 3.96. The maximum absolute atomic E-state index is 12.8. The number of esters is 1. The molecule has 0 radical (unpaired) electrons. The van der Waals surface area contributed by atoms with Crippen LogP contribution in [0.2, 0.25) is 0 Å². The van der Waals surface area contributed by atoms with Gasteiger partial charge in [-0.05, 0) is 49.2 Å². The van der Waals surface area contributed by atoms with E-state index >= 15 is 0 Å². The number of alkyl halides is 3. The van der Waals surface area contributed by atoms with Gasteiger partial charge < -0.3 is 10.1 Å². The molecule has 1 N–H and O–H groups in total. The van der Waals surface area contributed by atoms with Crippen molar-refractivity contribution in [2.24, 2.45) is 11.8 Å². The maximum Gasteiger partial charge on any atom is 0.416 e. The normalized spacial score (nSPS) is 19.7. The van der Waals surface area contributed by atoms with Crippen molar-refractivity contribution in [3.05, 3.63) is 71.8 Å². The summed E-state index contributed by atoms with van der Waals surface area (Å²) in [6.45, 7) is -0.739. The molecule has 0 aromatic heterocycles. The average molecular weight is 472 g/mol. The summed E-state index contributed by atoms with van der Waals surface area (Å²) in [7, 11) is 0. The summed E-state index contributed by atoms with van der Waals surface area (Å²) < 4.78 is 43.3. The third kappa shape index (κ3) is 4.70. The molecule has 0 spiro atoms. The molecule has 10 heteroatoms. The second-order valence-electron chi connectivity index (χ2n) is 7.92. The molecule has 0 unspecified atom stereocenters. The van der Waals surface area contributed by atoms with Crippen molar-refractivity contribution in [1.29, 1.82) is 0 Å². The zero-order valence-corrected chi connectivity index (χ0v) is 17.7. The fourth-order valence-electron chi connectivity index (χ4n) is 4.01. The van der Waals surface area contributed by atoms with Crippen molar-refractivity contribution in [2.45, 2.75) is 19.0 Å². The van der Waals surface area contributed by atoms with E-state index in [2.05, 4.69) is 5.32 Å². The van der Waals surface area contributed by atoms with Crippen LogP contribution in [0.5, 0.6) is 0 Å². The number of benzene rings is 2. The molecule has 7 nitrogen and oxygen atoms in total. The Labute approximate surface area is 192 Å². The highest BCUT2D eigenvalue weighted by atomic mass is 19.4. The molecule has 3 amide bonds. The van der Waals surface area contributed by atoms with Gasteiger partial charge in [0.1, 0.15) is 0 Å². The number of hydrogen-bond donors (Lipinski definition) is 1. The lowest BCUT2D eigenvalue weighted by atomic mass is 9.85. The lowest BCUT2D eigenvalue weighted by Crippen LogP contribution is -2.31. The minimum absolute atomic E-state index is 0.0120. The Balaban J connectivity index is 1.39. The van der Waals surface area contributed by atoms with Gasteiger partial charge >= 0.3 is 12.1 Å². The number of carbonyl (C=O) groups is 4. The highest BCUT2D eigenvalue weighted by Crippen LogP contribution is 2.37. The molecule has 1 aliphatic heterocycles. The van der Waals surface area contributed by atoms with E-state index in [1.807, 2.05) is 12.2 Å². The Morgan fingerprint density at radius 3 is 2.26 bits per heavy atom. The zero-order valence-electron chi connectivity index (χ0n) is 17.7. The first kappa shape index (κ1) is 23.2. The largest absolute Gasteiger partial charge is 0.452 e. The monoisotopic (exact) mass is 472 g/mol. The molecule has 4 rings (SSSR count). The number of anilines is 2. The number of ether oxygens (including phenoxy) is 1. The highest BCUT2D eigenvalue weighted by Gasteiger charge is 2.47. The third-order valence-corrected chi connectivity index (χ3v) is 5.66. The average Bonchev–Trinajstić information content (AvgIpc) is 3.07. The maximum atomic E-state index is 12.8. The molecule has 2 aromatic carbocycles. The van der Waals surface area contributed by atoms with Crippen LogP contribution in [0.3, 0.4) is 0 Å². The van der Waals surface area contributed by atoms with Crippen LogP contribution in [0.1, 0.15) is 28.8 Å². The third-order valence-electron chi connectivity index (χ3n) is 5.66. The fourth-order valence-corrected chi connectivity index (χ4v) is 4.01. The summed E-state index contributed by atoms with van der Waals surface area (Å²) in [4.78, 5) is 51.0. The molecular weight excluding hydrogens is 453 g/mol. The van der Waals surface area contributed by atoms with Crippen LogP contribution >= 0.6 is 0 Å². The van der Waals surface area contributed by atoms with Crippen molar-refractivity contribution >= 4 is 35.1 Å². The number of fused-ring (bicyclic) bond motifs is 1. The Morgan fingerprint density at radius 2 is 1.62 bits per heavy atom. The molecule has 2 atom stereocenters. The van der Waals surface area contributed by atoms with E-state index in [9.17, 15) is 32.3 Å². The van der Waals surface area contributed by atoms with Crippen molar-refractivity contribution in [3.63, 3.8) is 0 Å². The minimum atomic E-state index is -4.56. The van der Waals surface area contributed by atoms with Gasteiger partial charge in [0.15, 0.2) is 6.61 Å². The first-order valence-electron chi connectivity index (χ1n) is 10.4. The minimum Gasteiger partial charge on any atom is -0.452 e. The van der Waals surface area contributed by atoms with Gasteiger partial charge in [0.25, 0.3) is 5.91 Å². The van der Waals surface area contributed by atoms with Crippen LogP contribution < -0.4 is 10.2 Å². The first-order valence-corrected chi connectivity index (χ1v) is 10.4. The van der Waals surface area contributed by atoms with Crippen molar-refractivity contribution in [1.82, 2.24) is 0 Å². The zero-order chi connectivity index (χ0) is 24.5. The highest BCUT2D eigenvalue weighted by molar-refractivity contribution is 6.22. The van der Waals surface area contributed by atoms with E-state index in [0.717, 1.165) is 23.1 Å². The molecule has 1 saturated heterocycles. The van der Waals surface area contributed by atoms with Crippen molar-refractivity contribution in [2.75, 3.05) is 16.8 Å².